The van der Waals surface area contributed by atoms with E-state index in [-0.39, 0.29) is 18.1 Å². The molecular weight excluding hydrogens is 228 g/mol. The van der Waals surface area contributed by atoms with E-state index in [1.165, 1.54) is 6.42 Å². The molecule has 3 N–H and O–H groups in total. The quantitative estimate of drug-likeness (QED) is 0.801. The Kier molecular flexibility index (Phi) is 4.62. The van der Waals surface area contributed by atoms with Crippen molar-refractivity contribution in [1.82, 2.24) is 5.32 Å². The predicted octanol–water partition coefficient (Wildman–Crippen LogP) is 1.43. The minimum absolute atomic E-state index is 0.0673. The van der Waals surface area contributed by atoms with Crippen LogP contribution in [0.1, 0.15) is 46.0 Å². The Morgan fingerprint density at radius 3 is 2.61 bits per heavy atom. The van der Waals surface area contributed by atoms with E-state index >= 15 is 0 Å². The van der Waals surface area contributed by atoms with Crippen LogP contribution in [-0.4, -0.2) is 30.7 Å². The molecule has 0 aromatic carbocycles. The summed E-state index contributed by atoms with van der Waals surface area (Å²) in [5, 5.41) is 3.15. The van der Waals surface area contributed by atoms with Crippen LogP contribution in [0.5, 0.6) is 0 Å². The first-order valence-corrected chi connectivity index (χ1v) is 7.26. The maximum atomic E-state index is 12.1. The summed E-state index contributed by atoms with van der Waals surface area (Å²) in [5.74, 6) is 1.55. The van der Waals surface area contributed by atoms with Gasteiger partial charge in [0.25, 0.3) is 0 Å². The number of carbonyl (C=O) groups is 1. The van der Waals surface area contributed by atoms with Gasteiger partial charge in [0.15, 0.2) is 0 Å². The van der Waals surface area contributed by atoms with Crippen molar-refractivity contribution in [3.05, 3.63) is 0 Å². The van der Waals surface area contributed by atoms with Gasteiger partial charge in [-0.05, 0) is 43.9 Å². The molecule has 1 saturated carbocycles. The minimum atomic E-state index is -0.270. The molecule has 2 fully saturated rings. The van der Waals surface area contributed by atoms with E-state index < -0.39 is 0 Å². The van der Waals surface area contributed by atoms with E-state index in [4.69, 9.17) is 10.5 Å². The Balaban J connectivity index is 1.78. The molecule has 0 spiro atoms. The van der Waals surface area contributed by atoms with E-state index in [9.17, 15) is 4.79 Å². The van der Waals surface area contributed by atoms with Gasteiger partial charge in [-0.2, -0.15) is 0 Å². The highest BCUT2D eigenvalue weighted by atomic mass is 16.5. The highest BCUT2D eigenvalue weighted by molar-refractivity contribution is 5.81. The molecule has 5 atom stereocenters. The standard InChI is InChI=1S/C14H26N2O2/c1-9-3-4-11(7-10(9)2)16-14(17)13-6-5-12(8-15)18-13/h9-13H,3-8,15H2,1-2H3,(H,16,17). The van der Waals surface area contributed by atoms with Gasteiger partial charge in [-0.25, -0.2) is 0 Å². The van der Waals surface area contributed by atoms with Gasteiger partial charge in [0.1, 0.15) is 6.10 Å². The van der Waals surface area contributed by atoms with Crippen molar-refractivity contribution in [1.29, 1.82) is 0 Å². The molecule has 0 aromatic rings. The lowest BCUT2D eigenvalue weighted by molar-refractivity contribution is -0.133. The summed E-state index contributed by atoms with van der Waals surface area (Å²) < 4.78 is 5.62. The van der Waals surface area contributed by atoms with Gasteiger partial charge in [-0.3, -0.25) is 4.79 Å². The second kappa shape index (κ2) is 6.02. The summed E-state index contributed by atoms with van der Waals surface area (Å²) in [7, 11) is 0. The fourth-order valence-electron chi connectivity index (χ4n) is 3.04. The largest absolute Gasteiger partial charge is 0.364 e. The van der Waals surface area contributed by atoms with Crippen LogP contribution in [0.15, 0.2) is 0 Å². The molecule has 4 heteroatoms. The first-order chi connectivity index (χ1) is 8.60. The molecule has 1 amide bonds. The smallest absolute Gasteiger partial charge is 0.249 e. The highest BCUT2D eigenvalue weighted by Crippen LogP contribution is 2.29. The lowest BCUT2D eigenvalue weighted by Gasteiger charge is -2.33. The Morgan fingerprint density at radius 1 is 1.22 bits per heavy atom. The van der Waals surface area contributed by atoms with Gasteiger partial charge in [0, 0.05) is 12.6 Å². The summed E-state index contributed by atoms with van der Waals surface area (Å²) in [6, 6.07) is 0.337. The molecule has 2 rings (SSSR count). The summed E-state index contributed by atoms with van der Waals surface area (Å²) in [6.07, 6.45) is 4.94. The SMILES string of the molecule is CC1CCC(NC(=O)C2CCC(CN)O2)CC1C. The van der Waals surface area contributed by atoms with Crippen LogP contribution in [0.25, 0.3) is 0 Å². The van der Waals surface area contributed by atoms with Crippen LogP contribution in [0.2, 0.25) is 0 Å². The van der Waals surface area contributed by atoms with Crippen LogP contribution in [0.4, 0.5) is 0 Å². The molecular formula is C14H26N2O2. The number of amides is 1. The molecule has 2 aliphatic rings. The van der Waals surface area contributed by atoms with Crippen LogP contribution in [0, 0.1) is 11.8 Å². The van der Waals surface area contributed by atoms with Crippen molar-refractivity contribution in [3.63, 3.8) is 0 Å². The molecule has 18 heavy (non-hydrogen) atoms. The summed E-state index contributed by atoms with van der Waals surface area (Å²) in [4.78, 5) is 12.1. The van der Waals surface area contributed by atoms with Gasteiger partial charge in [-0.1, -0.05) is 13.8 Å². The molecule has 1 aliphatic carbocycles. The van der Waals surface area contributed by atoms with E-state index in [0.717, 1.165) is 31.6 Å². The number of hydrogen-bond acceptors (Lipinski definition) is 3. The zero-order valence-electron chi connectivity index (χ0n) is 11.5. The molecule has 1 heterocycles. The number of hydrogen-bond donors (Lipinski definition) is 2. The third kappa shape index (κ3) is 3.23. The third-order valence-corrected chi connectivity index (χ3v) is 4.61. The first kappa shape index (κ1) is 13.8. The number of nitrogens with two attached hydrogens (primary N) is 1. The average molecular weight is 254 g/mol. The van der Waals surface area contributed by atoms with Crippen LogP contribution < -0.4 is 11.1 Å². The fraction of sp³-hybridized carbons (Fsp3) is 0.929. The normalized spacial score (nSPS) is 40.7. The molecule has 1 aliphatic heterocycles. The number of rotatable bonds is 3. The fourth-order valence-corrected chi connectivity index (χ4v) is 3.04. The molecule has 104 valence electrons. The molecule has 5 unspecified atom stereocenters. The Bertz CT molecular complexity index is 296. The zero-order valence-corrected chi connectivity index (χ0v) is 11.5. The topological polar surface area (TPSA) is 64.4 Å². The molecule has 4 nitrogen and oxygen atoms in total. The number of carbonyl (C=O) groups excluding carboxylic acids is 1. The monoisotopic (exact) mass is 254 g/mol. The Labute approximate surface area is 110 Å². The van der Waals surface area contributed by atoms with Gasteiger partial charge in [-0.15, -0.1) is 0 Å². The maximum Gasteiger partial charge on any atom is 0.249 e. The van der Waals surface area contributed by atoms with Gasteiger partial charge in [0.2, 0.25) is 5.91 Å². The van der Waals surface area contributed by atoms with Crippen LogP contribution in [0.3, 0.4) is 0 Å². The molecule has 0 aromatic heterocycles. The van der Waals surface area contributed by atoms with Crippen molar-refractivity contribution in [2.45, 2.75) is 64.2 Å². The summed E-state index contributed by atoms with van der Waals surface area (Å²) in [5.41, 5.74) is 5.56. The summed E-state index contributed by atoms with van der Waals surface area (Å²) in [6.45, 7) is 5.09. The zero-order chi connectivity index (χ0) is 13.1. The Morgan fingerprint density at radius 2 is 2.00 bits per heavy atom. The van der Waals surface area contributed by atoms with Gasteiger partial charge in [0.05, 0.1) is 6.10 Å². The number of nitrogens with one attached hydrogen (secondary N) is 1. The predicted molar refractivity (Wildman–Crippen MR) is 71.1 cm³/mol. The lowest BCUT2D eigenvalue weighted by Crippen LogP contribution is -2.44. The first-order valence-electron chi connectivity index (χ1n) is 7.26. The highest BCUT2D eigenvalue weighted by Gasteiger charge is 2.32. The van der Waals surface area contributed by atoms with Gasteiger partial charge < -0.3 is 15.8 Å². The van der Waals surface area contributed by atoms with Crippen molar-refractivity contribution in [2.75, 3.05) is 6.54 Å². The van der Waals surface area contributed by atoms with Crippen molar-refractivity contribution in [3.8, 4) is 0 Å². The molecule has 1 saturated heterocycles. The average Bonchev–Trinajstić information content (AvgIpc) is 2.82. The van der Waals surface area contributed by atoms with Crippen LogP contribution >= 0.6 is 0 Å². The second-order valence-electron chi connectivity index (χ2n) is 6.03. The third-order valence-electron chi connectivity index (χ3n) is 4.61. The maximum absolute atomic E-state index is 12.1. The second-order valence-corrected chi connectivity index (χ2v) is 6.03. The molecule has 0 radical (unpaired) electrons. The van der Waals surface area contributed by atoms with Crippen molar-refractivity contribution < 1.29 is 9.53 Å². The molecule has 0 bridgehead atoms. The van der Waals surface area contributed by atoms with E-state index in [2.05, 4.69) is 19.2 Å². The van der Waals surface area contributed by atoms with Crippen LogP contribution in [-0.2, 0) is 9.53 Å². The minimum Gasteiger partial charge on any atom is -0.364 e. The lowest BCUT2D eigenvalue weighted by atomic mass is 9.79. The van der Waals surface area contributed by atoms with Crippen molar-refractivity contribution in [2.24, 2.45) is 17.6 Å². The van der Waals surface area contributed by atoms with E-state index in [1.54, 1.807) is 0 Å². The van der Waals surface area contributed by atoms with Gasteiger partial charge >= 0.3 is 0 Å². The van der Waals surface area contributed by atoms with E-state index in [1.807, 2.05) is 0 Å². The number of ether oxygens (including phenoxy) is 1. The Hall–Kier alpha value is -0.610. The van der Waals surface area contributed by atoms with Crippen molar-refractivity contribution >= 4 is 5.91 Å². The summed E-state index contributed by atoms with van der Waals surface area (Å²) >= 11 is 0. The van der Waals surface area contributed by atoms with E-state index in [0.29, 0.717) is 18.5 Å².